The molecule has 0 unspecified atom stereocenters. The predicted octanol–water partition coefficient (Wildman–Crippen LogP) is 2.30. The molecule has 0 spiro atoms. The molecule has 0 bridgehead atoms. The van der Waals surface area contributed by atoms with Crippen LogP contribution in [0.2, 0.25) is 0 Å². The number of azide groups is 1. The minimum absolute atomic E-state index is 0.457. The van der Waals surface area contributed by atoms with E-state index in [0.717, 1.165) is 11.8 Å². The fourth-order valence-corrected chi connectivity index (χ4v) is 1.82. The maximum Gasteiger partial charge on any atom is 0.249 e. The molecule has 1 rings (SSSR count). The standard InChI is InChI=1S/C12H15BrN4O2/c13-7-4-8-15-12(19)11(18)10(16-17-14)9-5-2-1-3-6-9/h1-3,5-6,10-11,18H,4,7-8H2,(H,15,19)/t10-,11-/m0/s1. The van der Waals surface area contributed by atoms with Crippen molar-refractivity contribution in [2.45, 2.75) is 18.6 Å². The zero-order chi connectivity index (χ0) is 14.1. The number of nitrogens with zero attached hydrogens (tertiary/aromatic N) is 3. The van der Waals surface area contributed by atoms with Crippen LogP contribution in [-0.4, -0.2) is 29.0 Å². The van der Waals surface area contributed by atoms with Crippen LogP contribution >= 0.6 is 15.9 Å². The monoisotopic (exact) mass is 326 g/mol. The molecule has 1 aromatic carbocycles. The van der Waals surface area contributed by atoms with Crippen LogP contribution in [0.25, 0.3) is 10.4 Å². The van der Waals surface area contributed by atoms with Crippen molar-refractivity contribution in [3.05, 3.63) is 46.3 Å². The number of aliphatic hydroxyl groups excluding tert-OH is 1. The van der Waals surface area contributed by atoms with Crippen LogP contribution in [-0.2, 0) is 4.79 Å². The molecule has 0 fully saturated rings. The van der Waals surface area contributed by atoms with E-state index in [9.17, 15) is 9.90 Å². The number of nitrogens with one attached hydrogen (secondary N) is 1. The van der Waals surface area contributed by atoms with Gasteiger partial charge in [-0.3, -0.25) is 4.79 Å². The molecule has 7 heteroatoms. The number of amides is 1. The van der Waals surface area contributed by atoms with Crippen LogP contribution < -0.4 is 5.32 Å². The van der Waals surface area contributed by atoms with Gasteiger partial charge in [-0.2, -0.15) is 0 Å². The average molecular weight is 327 g/mol. The van der Waals surface area contributed by atoms with Gasteiger partial charge in [0.25, 0.3) is 0 Å². The molecule has 1 amide bonds. The van der Waals surface area contributed by atoms with Gasteiger partial charge in [-0.15, -0.1) is 0 Å². The van der Waals surface area contributed by atoms with Crippen molar-refractivity contribution in [2.75, 3.05) is 11.9 Å². The van der Waals surface area contributed by atoms with Gasteiger partial charge < -0.3 is 10.4 Å². The molecule has 6 nitrogen and oxygen atoms in total. The van der Waals surface area contributed by atoms with E-state index in [0.29, 0.717) is 12.1 Å². The van der Waals surface area contributed by atoms with Crippen LogP contribution in [0, 0.1) is 0 Å². The molecule has 19 heavy (non-hydrogen) atoms. The van der Waals surface area contributed by atoms with Crippen LogP contribution in [0.4, 0.5) is 0 Å². The molecule has 0 aliphatic carbocycles. The Bertz CT molecular complexity index is 448. The Hall–Kier alpha value is -1.56. The van der Waals surface area contributed by atoms with Gasteiger partial charge >= 0.3 is 0 Å². The first kappa shape index (κ1) is 15.5. The van der Waals surface area contributed by atoms with Crippen molar-refractivity contribution in [3.8, 4) is 0 Å². The Morgan fingerprint density at radius 2 is 2.16 bits per heavy atom. The molecule has 0 aromatic heterocycles. The summed E-state index contributed by atoms with van der Waals surface area (Å²) in [5.74, 6) is -0.540. The van der Waals surface area contributed by atoms with Crippen LogP contribution in [0.15, 0.2) is 35.4 Å². The van der Waals surface area contributed by atoms with Gasteiger partial charge in [0.15, 0.2) is 0 Å². The molecule has 1 aromatic rings. The number of hydrogen-bond donors (Lipinski definition) is 2. The summed E-state index contributed by atoms with van der Waals surface area (Å²) in [6.45, 7) is 0.457. The largest absolute Gasteiger partial charge is 0.382 e. The Balaban J connectivity index is 2.76. The summed E-state index contributed by atoms with van der Waals surface area (Å²) in [7, 11) is 0. The summed E-state index contributed by atoms with van der Waals surface area (Å²) in [5.41, 5.74) is 9.15. The number of carbonyl (C=O) groups excluding carboxylic acids is 1. The highest BCUT2D eigenvalue weighted by Gasteiger charge is 2.26. The smallest absolute Gasteiger partial charge is 0.249 e. The lowest BCUT2D eigenvalue weighted by Gasteiger charge is -2.18. The predicted molar refractivity (Wildman–Crippen MR) is 75.8 cm³/mol. The lowest BCUT2D eigenvalue weighted by molar-refractivity contribution is -0.130. The lowest BCUT2D eigenvalue weighted by Crippen LogP contribution is -2.38. The number of alkyl halides is 1. The SMILES string of the molecule is [N-]=[N+]=N[C@@H](c1ccccc1)[C@H](O)C(=O)NCCCBr. The Kier molecular flexibility index (Phi) is 6.95. The van der Waals surface area contributed by atoms with Gasteiger partial charge in [-0.05, 0) is 17.5 Å². The summed E-state index contributed by atoms with van der Waals surface area (Å²) < 4.78 is 0. The van der Waals surface area contributed by atoms with E-state index in [1.165, 1.54) is 0 Å². The highest BCUT2D eigenvalue weighted by atomic mass is 79.9. The number of rotatable bonds is 7. The second-order valence-electron chi connectivity index (χ2n) is 3.84. The molecule has 2 atom stereocenters. The summed E-state index contributed by atoms with van der Waals surface area (Å²) in [4.78, 5) is 14.4. The van der Waals surface area contributed by atoms with Gasteiger partial charge in [0.1, 0.15) is 6.10 Å². The highest BCUT2D eigenvalue weighted by Crippen LogP contribution is 2.21. The number of halogens is 1. The van der Waals surface area contributed by atoms with Crippen LogP contribution in [0.5, 0.6) is 0 Å². The molecule has 0 heterocycles. The van der Waals surface area contributed by atoms with Gasteiger partial charge in [0.2, 0.25) is 5.91 Å². The summed E-state index contributed by atoms with van der Waals surface area (Å²) in [5, 5.41) is 16.8. The number of hydrogen-bond acceptors (Lipinski definition) is 3. The molecular formula is C12H15BrN4O2. The number of benzene rings is 1. The van der Waals surface area contributed by atoms with E-state index < -0.39 is 18.1 Å². The third-order valence-electron chi connectivity index (χ3n) is 2.49. The minimum atomic E-state index is -1.39. The third kappa shape index (κ3) is 4.90. The van der Waals surface area contributed by atoms with Gasteiger partial charge in [-0.1, -0.05) is 51.4 Å². The Morgan fingerprint density at radius 3 is 2.74 bits per heavy atom. The van der Waals surface area contributed by atoms with Crippen molar-refractivity contribution < 1.29 is 9.90 Å². The minimum Gasteiger partial charge on any atom is -0.382 e. The Labute approximate surface area is 119 Å². The highest BCUT2D eigenvalue weighted by molar-refractivity contribution is 9.09. The van der Waals surface area contributed by atoms with E-state index in [1.54, 1.807) is 30.3 Å². The second-order valence-corrected chi connectivity index (χ2v) is 4.63. The topological polar surface area (TPSA) is 98.1 Å². The van der Waals surface area contributed by atoms with Crippen molar-refractivity contribution >= 4 is 21.8 Å². The number of aliphatic hydroxyl groups is 1. The first-order chi connectivity index (χ1) is 9.20. The van der Waals surface area contributed by atoms with E-state index in [4.69, 9.17) is 5.53 Å². The molecular weight excluding hydrogens is 312 g/mol. The Morgan fingerprint density at radius 1 is 1.47 bits per heavy atom. The lowest BCUT2D eigenvalue weighted by atomic mass is 10.0. The fraction of sp³-hybridized carbons (Fsp3) is 0.417. The molecule has 0 aliphatic rings. The van der Waals surface area contributed by atoms with E-state index in [2.05, 4.69) is 31.3 Å². The first-order valence-corrected chi connectivity index (χ1v) is 6.93. The molecule has 0 saturated heterocycles. The zero-order valence-electron chi connectivity index (χ0n) is 10.2. The summed E-state index contributed by atoms with van der Waals surface area (Å²) in [6, 6.07) is 7.80. The van der Waals surface area contributed by atoms with Crippen molar-refractivity contribution in [1.29, 1.82) is 0 Å². The van der Waals surface area contributed by atoms with Crippen molar-refractivity contribution in [1.82, 2.24) is 5.32 Å². The molecule has 0 saturated carbocycles. The molecule has 102 valence electrons. The third-order valence-corrected chi connectivity index (χ3v) is 3.06. The fourth-order valence-electron chi connectivity index (χ4n) is 1.54. The van der Waals surface area contributed by atoms with Crippen LogP contribution in [0.1, 0.15) is 18.0 Å². The number of carbonyl (C=O) groups is 1. The average Bonchev–Trinajstić information content (AvgIpc) is 2.45. The van der Waals surface area contributed by atoms with Crippen molar-refractivity contribution in [2.24, 2.45) is 5.11 Å². The van der Waals surface area contributed by atoms with Gasteiger partial charge in [-0.25, -0.2) is 0 Å². The second kappa shape index (κ2) is 8.53. The zero-order valence-corrected chi connectivity index (χ0v) is 11.8. The normalized spacial score (nSPS) is 13.2. The van der Waals surface area contributed by atoms with Gasteiger partial charge in [0.05, 0.1) is 6.04 Å². The molecule has 0 aliphatic heterocycles. The van der Waals surface area contributed by atoms with Crippen molar-refractivity contribution in [3.63, 3.8) is 0 Å². The van der Waals surface area contributed by atoms with Crippen LogP contribution in [0.3, 0.4) is 0 Å². The maximum absolute atomic E-state index is 11.7. The van der Waals surface area contributed by atoms with E-state index in [-0.39, 0.29) is 0 Å². The van der Waals surface area contributed by atoms with Gasteiger partial charge in [0, 0.05) is 16.8 Å². The molecule has 2 N–H and O–H groups in total. The quantitative estimate of drug-likeness (QED) is 0.264. The van der Waals surface area contributed by atoms with E-state index in [1.807, 2.05) is 0 Å². The first-order valence-electron chi connectivity index (χ1n) is 5.81. The molecule has 0 radical (unpaired) electrons. The van der Waals surface area contributed by atoms with E-state index >= 15 is 0 Å². The maximum atomic E-state index is 11.7. The summed E-state index contributed by atoms with van der Waals surface area (Å²) in [6.07, 6.45) is -0.635. The summed E-state index contributed by atoms with van der Waals surface area (Å²) >= 11 is 3.25.